The van der Waals surface area contributed by atoms with Gasteiger partial charge in [0.15, 0.2) is 0 Å². The second-order valence-electron chi connectivity index (χ2n) is 6.10. The van der Waals surface area contributed by atoms with Crippen molar-refractivity contribution < 1.29 is 0 Å². The van der Waals surface area contributed by atoms with E-state index < -0.39 is 0 Å². The van der Waals surface area contributed by atoms with Crippen molar-refractivity contribution in [1.82, 2.24) is 14.5 Å². The van der Waals surface area contributed by atoms with Crippen LogP contribution in [0.3, 0.4) is 0 Å². The lowest BCUT2D eigenvalue weighted by atomic mass is 9.98. The van der Waals surface area contributed by atoms with Crippen molar-refractivity contribution in [1.29, 1.82) is 0 Å². The first-order chi connectivity index (χ1) is 10.0. The van der Waals surface area contributed by atoms with Crippen molar-refractivity contribution in [2.24, 2.45) is 5.92 Å². The Kier molecular flexibility index (Phi) is 4.76. The van der Waals surface area contributed by atoms with Crippen molar-refractivity contribution in [2.75, 3.05) is 20.1 Å². The first kappa shape index (κ1) is 15.6. The quantitative estimate of drug-likeness (QED) is 0.549. The highest BCUT2D eigenvalue weighted by Crippen LogP contribution is 2.28. The van der Waals surface area contributed by atoms with Gasteiger partial charge in [0, 0.05) is 16.7 Å². The van der Waals surface area contributed by atoms with Crippen LogP contribution in [0.5, 0.6) is 0 Å². The van der Waals surface area contributed by atoms with Crippen molar-refractivity contribution in [3.8, 4) is 0 Å². The van der Waals surface area contributed by atoms with Gasteiger partial charge in [-0.25, -0.2) is 4.98 Å². The SMILES string of the molecule is CC(Cl)c1nc2cc(I)ccc2n1CC1CCCN(C)C1. The average molecular weight is 418 g/mol. The fraction of sp³-hybridized carbons (Fsp3) is 0.562. The first-order valence-corrected chi connectivity index (χ1v) is 9.04. The zero-order valence-corrected chi connectivity index (χ0v) is 15.4. The number of aromatic nitrogens is 2. The zero-order chi connectivity index (χ0) is 15.0. The summed E-state index contributed by atoms with van der Waals surface area (Å²) in [6.07, 6.45) is 2.59. The maximum absolute atomic E-state index is 6.37. The third-order valence-corrected chi connectivity index (χ3v) is 5.12. The number of nitrogens with zero attached hydrogens (tertiary/aromatic N) is 3. The number of fused-ring (bicyclic) bond motifs is 1. The number of benzene rings is 1. The van der Waals surface area contributed by atoms with Gasteiger partial charge in [0.2, 0.25) is 0 Å². The van der Waals surface area contributed by atoms with Gasteiger partial charge >= 0.3 is 0 Å². The molecule has 0 saturated carbocycles. The Labute approximate surface area is 144 Å². The smallest absolute Gasteiger partial charge is 0.127 e. The topological polar surface area (TPSA) is 21.1 Å². The molecule has 1 aliphatic rings. The number of likely N-dealkylation sites (tertiary alicyclic amines) is 1. The molecule has 2 unspecified atom stereocenters. The van der Waals surface area contributed by atoms with E-state index in [2.05, 4.69) is 57.3 Å². The molecule has 0 amide bonds. The van der Waals surface area contributed by atoms with E-state index in [0.717, 1.165) is 17.9 Å². The molecule has 114 valence electrons. The summed E-state index contributed by atoms with van der Waals surface area (Å²) in [7, 11) is 2.21. The van der Waals surface area contributed by atoms with E-state index in [0.29, 0.717) is 5.92 Å². The summed E-state index contributed by atoms with van der Waals surface area (Å²) in [5, 5.41) is -0.0589. The molecule has 3 nitrogen and oxygen atoms in total. The first-order valence-electron chi connectivity index (χ1n) is 7.53. The molecular weight excluding hydrogens is 397 g/mol. The maximum Gasteiger partial charge on any atom is 0.127 e. The van der Waals surface area contributed by atoms with E-state index >= 15 is 0 Å². The summed E-state index contributed by atoms with van der Waals surface area (Å²) < 4.78 is 3.56. The molecule has 0 spiro atoms. The van der Waals surface area contributed by atoms with Crippen LogP contribution in [0.1, 0.15) is 31.0 Å². The van der Waals surface area contributed by atoms with Crippen LogP contribution < -0.4 is 0 Å². The fourth-order valence-corrected chi connectivity index (χ4v) is 3.94. The summed E-state index contributed by atoms with van der Waals surface area (Å²) in [5.74, 6) is 1.69. The molecule has 0 N–H and O–H groups in total. The van der Waals surface area contributed by atoms with Gasteiger partial charge in [-0.3, -0.25) is 0 Å². The molecule has 5 heteroatoms. The second kappa shape index (κ2) is 6.42. The standard InChI is InChI=1S/C16H21ClIN3/c1-11(17)16-19-14-8-13(18)5-6-15(14)21(16)10-12-4-3-7-20(2)9-12/h5-6,8,11-12H,3-4,7,9-10H2,1-2H3. The molecule has 3 rings (SSSR count). The summed E-state index contributed by atoms with van der Waals surface area (Å²) in [6, 6.07) is 6.47. The molecule has 0 aliphatic carbocycles. The number of hydrogen-bond acceptors (Lipinski definition) is 2. The van der Waals surface area contributed by atoms with E-state index in [1.165, 1.54) is 35.0 Å². The van der Waals surface area contributed by atoms with E-state index in [1.54, 1.807) is 0 Å². The van der Waals surface area contributed by atoms with E-state index in [4.69, 9.17) is 16.6 Å². The van der Waals surface area contributed by atoms with Gasteiger partial charge in [-0.1, -0.05) is 0 Å². The Morgan fingerprint density at radius 2 is 2.29 bits per heavy atom. The molecule has 1 aromatic heterocycles. The minimum atomic E-state index is -0.0589. The minimum Gasteiger partial charge on any atom is -0.326 e. The van der Waals surface area contributed by atoms with Crippen LogP contribution in [-0.2, 0) is 6.54 Å². The molecule has 1 fully saturated rings. The van der Waals surface area contributed by atoms with Gasteiger partial charge in [-0.05, 0) is 80.1 Å². The van der Waals surface area contributed by atoms with Gasteiger partial charge in [-0.15, -0.1) is 11.6 Å². The molecule has 1 saturated heterocycles. The summed E-state index contributed by atoms with van der Waals surface area (Å²) >= 11 is 8.71. The Hall–Kier alpha value is -0.330. The maximum atomic E-state index is 6.37. The number of piperidine rings is 1. The van der Waals surface area contributed by atoms with Crippen molar-refractivity contribution in [3.63, 3.8) is 0 Å². The van der Waals surface area contributed by atoms with Crippen LogP contribution in [0, 0.1) is 9.49 Å². The van der Waals surface area contributed by atoms with Crippen LogP contribution >= 0.6 is 34.2 Å². The lowest BCUT2D eigenvalue weighted by Crippen LogP contribution is -2.34. The Bertz CT molecular complexity index is 638. The molecule has 1 aromatic carbocycles. The number of rotatable bonds is 3. The van der Waals surface area contributed by atoms with Crippen LogP contribution in [0.4, 0.5) is 0 Å². The number of imidazole rings is 1. The normalized spacial score (nSPS) is 21.8. The summed E-state index contributed by atoms with van der Waals surface area (Å²) in [5.41, 5.74) is 2.28. The monoisotopic (exact) mass is 417 g/mol. The third kappa shape index (κ3) is 3.37. The molecule has 0 radical (unpaired) electrons. The molecule has 21 heavy (non-hydrogen) atoms. The Balaban J connectivity index is 1.97. The van der Waals surface area contributed by atoms with E-state index in [-0.39, 0.29) is 5.38 Å². The van der Waals surface area contributed by atoms with Gasteiger partial charge in [-0.2, -0.15) is 0 Å². The molecule has 2 atom stereocenters. The van der Waals surface area contributed by atoms with Crippen LogP contribution in [0.25, 0.3) is 11.0 Å². The van der Waals surface area contributed by atoms with Gasteiger partial charge in [0.05, 0.1) is 16.4 Å². The molecule has 2 heterocycles. The Morgan fingerprint density at radius 3 is 3.00 bits per heavy atom. The predicted molar refractivity (Wildman–Crippen MR) is 96.9 cm³/mol. The van der Waals surface area contributed by atoms with Crippen molar-refractivity contribution in [3.05, 3.63) is 27.6 Å². The third-order valence-electron chi connectivity index (χ3n) is 4.26. The van der Waals surface area contributed by atoms with Crippen molar-refractivity contribution >= 4 is 45.2 Å². The largest absolute Gasteiger partial charge is 0.326 e. The van der Waals surface area contributed by atoms with E-state index in [1.807, 2.05) is 6.92 Å². The average Bonchev–Trinajstić information content (AvgIpc) is 2.77. The Morgan fingerprint density at radius 1 is 1.48 bits per heavy atom. The highest BCUT2D eigenvalue weighted by atomic mass is 127. The number of halogens is 2. The zero-order valence-electron chi connectivity index (χ0n) is 12.5. The summed E-state index contributed by atoms with van der Waals surface area (Å²) in [4.78, 5) is 7.20. The number of alkyl halides is 1. The predicted octanol–water partition coefficient (Wildman–Crippen LogP) is 4.28. The fourth-order valence-electron chi connectivity index (χ4n) is 3.30. The minimum absolute atomic E-state index is 0.0589. The molecule has 0 bridgehead atoms. The second-order valence-corrected chi connectivity index (χ2v) is 8.00. The highest BCUT2D eigenvalue weighted by molar-refractivity contribution is 14.1. The molecule has 2 aromatic rings. The van der Waals surface area contributed by atoms with Crippen LogP contribution in [0.15, 0.2) is 18.2 Å². The van der Waals surface area contributed by atoms with Crippen molar-refractivity contribution in [2.45, 2.75) is 31.7 Å². The van der Waals surface area contributed by atoms with Gasteiger partial charge in [0.25, 0.3) is 0 Å². The molecular formula is C16H21ClIN3. The van der Waals surface area contributed by atoms with Gasteiger partial charge in [0.1, 0.15) is 5.82 Å². The lowest BCUT2D eigenvalue weighted by molar-refractivity contribution is 0.194. The molecule has 1 aliphatic heterocycles. The van der Waals surface area contributed by atoms with Gasteiger partial charge < -0.3 is 9.47 Å². The van der Waals surface area contributed by atoms with E-state index in [9.17, 15) is 0 Å². The number of hydrogen-bond donors (Lipinski definition) is 0. The highest BCUT2D eigenvalue weighted by Gasteiger charge is 2.22. The lowest BCUT2D eigenvalue weighted by Gasteiger charge is -2.30. The summed E-state index contributed by atoms with van der Waals surface area (Å²) in [6.45, 7) is 5.42. The van der Waals surface area contributed by atoms with Crippen LogP contribution in [0.2, 0.25) is 0 Å². The van der Waals surface area contributed by atoms with Crippen LogP contribution in [-0.4, -0.2) is 34.6 Å².